The third kappa shape index (κ3) is 4.22. The molecule has 1 saturated carbocycles. The molecule has 0 saturated heterocycles. The number of halogens is 2. The van der Waals surface area contributed by atoms with Gasteiger partial charge in [0.05, 0.1) is 6.54 Å². The van der Waals surface area contributed by atoms with Gasteiger partial charge in [0.15, 0.2) is 11.8 Å². The van der Waals surface area contributed by atoms with Crippen molar-refractivity contribution in [3.63, 3.8) is 0 Å². The van der Waals surface area contributed by atoms with Gasteiger partial charge in [-0.2, -0.15) is 0 Å². The van der Waals surface area contributed by atoms with Crippen LogP contribution in [0.15, 0.2) is 35.6 Å². The van der Waals surface area contributed by atoms with Gasteiger partial charge in [-0.25, -0.2) is 4.39 Å². The Kier molecular flexibility index (Phi) is 6.14. The molecule has 130 valence electrons. The van der Waals surface area contributed by atoms with Gasteiger partial charge < -0.3 is 15.2 Å². The summed E-state index contributed by atoms with van der Waals surface area (Å²) in [5.41, 5.74) is 1.07. The van der Waals surface area contributed by atoms with E-state index in [2.05, 4.69) is 25.8 Å². The molecule has 6 nitrogen and oxygen atoms in total. The van der Waals surface area contributed by atoms with Gasteiger partial charge >= 0.3 is 0 Å². The highest BCUT2D eigenvalue weighted by atomic mass is 127. The maximum Gasteiger partial charge on any atom is 0.191 e. The fourth-order valence-electron chi connectivity index (χ4n) is 2.64. The summed E-state index contributed by atoms with van der Waals surface area (Å²) in [6.45, 7) is 1.28. The minimum atomic E-state index is -0.182. The number of aromatic nitrogens is 3. The predicted octanol–water partition coefficient (Wildman–Crippen LogP) is 1.97. The number of hydrogen-bond acceptors (Lipinski definition) is 3. The smallest absolute Gasteiger partial charge is 0.191 e. The monoisotopic (exact) mass is 444 g/mol. The van der Waals surface area contributed by atoms with E-state index in [0.717, 1.165) is 30.8 Å². The van der Waals surface area contributed by atoms with Crippen LogP contribution in [-0.2, 0) is 19.0 Å². The lowest BCUT2D eigenvalue weighted by atomic mass is 9.96. The van der Waals surface area contributed by atoms with Crippen molar-refractivity contribution in [3.8, 4) is 0 Å². The number of guanidine groups is 1. The highest BCUT2D eigenvalue weighted by Crippen LogP contribution is 2.47. The molecular formula is C16H22FIN6. The quantitative estimate of drug-likeness (QED) is 0.421. The molecule has 0 aliphatic heterocycles. The first kappa shape index (κ1) is 18.6. The van der Waals surface area contributed by atoms with E-state index in [-0.39, 0.29) is 35.2 Å². The molecule has 0 bridgehead atoms. The van der Waals surface area contributed by atoms with Crippen molar-refractivity contribution in [2.24, 2.45) is 12.0 Å². The van der Waals surface area contributed by atoms with Crippen LogP contribution in [0.5, 0.6) is 0 Å². The Bertz CT molecular complexity index is 710. The van der Waals surface area contributed by atoms with Gasteiger partial charge in [-0.15, -0.1) is 34.2 Å². The normalized spacial score (nSPS) is 15.5. The SMILES string of the molecule is CN=C(NCc1nncn1C)NCC1(c2cccc(F)c2)CC1.I. The molecule has 2 aromatic rings. The minimum absolute atomic E-state index is 0. The molecule has 1 aromatic carbocycles. The van der Waals surface area contributed by atoms with E-state index in [1.807, 2.05) is 17.7 Å². The number of aryl methyl sites for hydroxylation is 1. The van der Waals surface area contributed by atoms with Gasteiger partial charge in [0, 0.05) is 26.1 Å². The van der Waals surface area contributed by atoms with E-state index < -0.39 is 0 Å². The molecule has 0 radical (unpaired) electrons. The molecule has 3 rings (SSSR count). The lowest BCUT2D eigenvalue weighted by Gasteiger charge is -2.19. The van der Waals surface area contributed by atoms with Crippen LogP contribution in [0.1, 0.15) is 24.2 Å². The summed E-state index contributed by atoms with van der Waals surface area (Å²) in [4.78, 5) is 4.22. The maximum atomic E-state index is 13.4. The second-order valence-electron chi connectivity index (χ2n) is 5.93. The Hall–Kier alpha value is -1.71. The average molecular weight is 444 g/mol. The van der Waals surface area contributed by atoms with Gasteiger partial charge in [-0.05, 0) is 30.5 Å². The fraction of sp³-hybridized carbons (Fsp3) is 0.438. The van der Waals surface area contributed by atoms with E-state index in [9.17, 15) is 4.39 Å². The van der Waals surface area contributed by atoms with Gasteiger partial charge in [-0.1, -0.05) is 12.1 Å². The Morgan fingerprint density at radius 2 is 2.17 bits per heavy atom. The number of nitrogens with one attached hydrogen (secondary N) is 2. The van der Waals surface area contributed by atoms with Crippen LogP contribution in [0.25, 0.3) is 0 Å². The Morgan fingerprint density at radius 3 is 2.75 bits per heavy atom. The zero-order valence-electron chi connectivity index (χ0n) is 13.8. The maximum absolute atomic E-state index is 13.4. The number of rotatable bonds is 5. The molecule has 0 spiro atoms. The predicted molar refractivity (Wildman–Crippen MR) is 102 cm³/mol. The molecular weight excluding hydrogens is 422 g/mol. The molecule has 1 fully saturated rings. The fourth-order valence-corrected chi connectivity index (χ4v) is 2.64. The molecule has 1 aliphatic rings. The standard InChI is InChI=1S/C16H21FN6.HI/c1-18-15(19-9-14-22-21-11-23(14)2)20-10-16(6-7-16)12-4-3-5-13(17)8-12;/h3-5,8,11H,6-7,9-10H2,1-2H3,(H2,18,19,20);1H. The van der Waals surface area contributed by atoms with E-state index in [0.29, 0.717) is 12.5 Å². The van der Waals surface area contributed by atoms with Crippen LogP contribution < -0.4 is 10.6 Å². The number of hydrogen-bond donors (Lipinski definition) is 2. The molecule has 0 atom stereocenters. The van der Waals surface area contributed by atoms with Crippen molar-refractivity contribution in [3.05, 3.63) is 47.8 Å². The van der Waals surface area contributed by atoms with Crippen LogP contribution in [0, 0.1) is 5.82 Å². The first-order valence-corrected chi connectivity index (χ1v) is 7.66. The van der Waals surface area contributed by atoms with Crippen molar-refractivity contribution in [1.29, 1.82) is 0 Å². The van der Waals surface area contributed by atoms with Crippen LogP contribution in [0.4, 0.5) is 4.39 Å². The molecule has 0 unspecified atom stereocenters. The third-order valence-corrected chi connectivity index (χ3v) is 4.33. The van der Waals surface area contributed by atoms with E-state index in [1.54, 1.807) is 25.5 Å². The Labute approximate surface area is 158 Å². The second-order valence-corrected chi connectivity index (χ2v) is 5.93. The van der Waals surface area contributed by atoms with Gasteiger partial charge in [0.25, 0.3) is 0 Å². The molecule has 0 amide bonds. The summed E-state index contributed by atoms with van der Waals surface area (Å²) in [6, 6.07) is 6.87. The van der Waals surface area contributed by atoms with Crippen LogP contribution >= 0.6 is 24.0 Å². The molecule has 1 aliphatic carbocycles. The summed E-state index contributed by atoms with van der Waals surface area (Å²) >= 11 is 0. The number of aliphatic imine (C=N–C) groups is 1. The minimum Gasteiger partial charge on any atom is -0.356 e. The van der Waals surface area contributed by atoms with Crippen LogP contribution in [0.3, 0.4) is 0 Å². The number of benzene rings is 1. The highest BCUT2D eigenvalue weighted by Gasteiger charge is 2.44. The average Bonchev–Trinajstić information content (AvgIpc) is 3.24. The zero-order valence-corrected chi connectivity index (χ0v) is 16.1. The van der Waals surface area contributed by atoms with Crippen molar-refractivity contribution in [2.75, 3.05) is 13.6 Å². The van der Waals surface area contributed by atoms with Gasteiger partial charge in [-0.3, -0.25) is 4.99 Å². The number of nitrogens with zero attached hydrogens (tertiary/aromatic N) is 4. The zero-order chi connectivity index (χ0) is 16.3. The van der Waals surface area contributed by atoms with E-state index in [4.69, 9.17) is 0 Å². The summed E-state index contributed by atoms with van der Waals surface area (Å²) in [5, 5.41) is 14.4. The Morgan fingerprint density at radius 1 is 1.38 bits per heavy atom. The highest BCUT2D eigenvalue weighted by molar-refractivity contribution is 14.0. The summed E-state index contributed by atoms with van der Waals surface area (Å²) in [6.07, 6.45) is 3.78. The third-order valence-electron chi connectivity index (χ3n) is 4.33. The first-order valence-electron chi connectivity index (χ1n) is 7.66. The van der Waals surface area contributed by atoms with Crippen molar-refractivity contribution >= 4 is 29.9 Å². The molecule has 24 heavy (non-hydrogen) atoms. The van der Waals surface area contributed by atoms with Crippen molar-refractivity contribution < 1.29 is 4.39 Å². The summed E-state index contributed by atoms with van der Waals surface area (Å²) in [7, 11) is 3.63. The van der Waals surface area contributed by atoms with Crippen LogP contribution in [0.2, 0.25) is 0 Å². The first-order chi connectivity index (χ1) is 11.1. The molecule has 2 N–H and O–H groups in total. The van der Waals surface area contributed by atoms with Crippen molar-refractivity contribution in [1.82, 2.24) is 25.4 Å². The largest absolute Gasteiger partial charge is 0.356 e. The summed E-state index contributed by atoms with van der Waals surface area (Å²) in [5.74, 6) is 1.36. The van der Waals surface area contributed by atoms with E-state index >= 15 is 0 Å². The second kappa shape index (κ2) is 7.91. The lowest BCUT2D eigenvalue weighted by molar-refractivity contribution is 0.606. The van der Waals surface area contributed by atoms with E-state index in [1.165, 1.54) is 6.07 Å². The summed E-state index contributed by atoms with van der Waals surface area (Å²) < 4.78 is 15.3. The van der Waals surface area contributed by atoms with Gasteiger partial charge in [0.1, 0.15) is 12.1 Å². The van der Waals surface area contributed by atoms with Crippen molar-refractivity contribution in [2.45, 2.75) is 24.8 Å². The molecule has 1 aromatic heterocycles. The topological polar surface area (TPSA) is 67.1 Å². The van der Waals surface area contributed by atoms with Gasteiger partial charge in [0.2, 0.25) is 0 Å². The molecule has 1 heterocycles. The van der Waals surface area contributed by atoms with Crippen LogP contribution in [-0.4, -0.2) is 34.3 Å². The lowest BCUT2D eigenvalue weighted by Crippen LogP contribution is -2.41. The Balaban J connectivity index is 0.00000208. The molecule has 8 heteroatoms.